The molecule has 1 saturated heterocycles. The normalized spacial score (nSPS) is 15.9. The van der Waals surface area contributed by atoms with Crippen LogP contribution in [-0.4, -0.2) is 60.1 Å². The molecule has 1 heterocycles. The maximum absolute atomic E-state index is 12.9. The average molecular weight is 465 g/mol. The van der Waals surface area contributed by atoms with E-state index in [9.17, 15) is 8.42 Å². The van der Waals surface area contributed by atoms with Crippen LogP contribution in [0.5, 0.6) is 0 Å². The minimum atomic E-state index is -3.57. The Labute approximate surface area is 197 Å². The molecular weight excluding hydrogens is 432 g/mol. The predicted molar refractivity (Wildman–Crippen MR) is 135 cm³/mol. The van der Waals surface area contributed by atoms with Gasteiger partial charge in [-0.3, -0.25) is 4.90 Å². The minimum Gasteiger partial charge on any atom is -0.378 e. The number of benzene rings is 3. The first-order valence-corrected chi connectivity index (χ1v) is 12.8. The van der Waals surface area contributed by atoms with Crippen molar-refractivity contribution in [2.45, 2.75) is 10.9 Å². The Balaban J connectivity index is 1.52. The Morgan fingerprint density at radius 2 is 1.39 bits per heavy atom. The summed E-state index contributed by atoms with van der Waals surface area (Å²) >= 11 is 0. The lowest BCUT2D eigenvalue weighted by atomic mass is 10.0. The zero-order valence-electron chi connectivity index (χ0n) is 19.3. The smallest absolute Gasteiger partial charge is 0.240 e. The summed E-state index contributed by atoms with van der Waals surface area (Å²) in [5.41, 5.74) is 3.47. The molecule has 1 N–H and O–H groups in total. The first-order chi connectivity index (χ1) is 15.9. The van der Waals surface area contributed by atoms with Crippen molar-refractivity contribution in [2.24, 2.45) is 0 Å². The molecule has 0 aromatic heterocycles. The molecule has 1 aliphatic heterocycles. The van der Waals surface area contributed by atoms with Gasteiger partial charge >= 0.3 is 0 Å². The van der Waals surface area contributed by atoms with Gasteiger partial charge in [-0.1, -0.05) is 48.5 Å². The third-order valence-electron chi connectivity index (χ3n) is 6.19. The van der Waals surface area contributed by atoms with Crippen LogP contribution in [0.2, 0.25) is 0 Å². The molecule has 0 aliphatic carbocycles. The number of piperazine rings is 1. The highest BCUT2D eigenvalue weighted by atomic mass is 32.2. The van der Waals surface area contributed by atoms with E-state index >= 15 is 0 Å². The van der Waals surface area contributed by atoms with Crippen LogP contribution in [0.1, 0.15) is 11.6 Å². The SMILES string of the molecule is CN(C)c1ccc([C@H](CNS(=O)(=O)c2ccccc2)N2CCN(c3ccccc3)CC2)cc1. The Hall–Kier alpha value is -2.87. The van der Waals surface area contributed by atoms with Crippen LogP contribution >= 0.6 is 0 Å². The highest BCUT2D eigenvalue weighted by Crippen LogP contribution is 2.26. The molecule has 0 bridgehead atoms. The maximum atomic E-state index is 12.9. The van der Waals surface area contributed by atoms with Gasteiger partial charge in [0, 0.05) is 64.2 Å². The van der Waals surface area contributed by atoms with E-state index in [2.05, 4.69) is 68.0 Å². The van der Waals surface area contributed by atoms with Crippen LogP contribution in [-0.2, 0) is 10.0 Å². The van der Waals surface area contributed by atoms with Crippen molar-refractivity contribution < 1.29 is 8.42 Å². The van der Waals surface area contributed by atoms with Crippen molar-refractivity contribution in [1.82, 2.24) is 9.62 Å². The van der Waals surface area contributed by atoms with Gasteiger partial charge in [0.05, 0.1) is 4.90 Å². The fraction of sp³-hybridized carbons (Fsp3) is 0.308. The molecule has 0 unspecified atom stereocenters. The summed E-state index contributed by atoms with van der Waals surface area (Å²) in [6, 6.07) is 27.4. The summed E-state index contributed by atoms with van der Waals surface area (Å²) in [6.45, 7) is 3.86. The fourth-order valence-corrected chi connectivity index (χ4v) is 5.31. The summed E-state index contributed by atoms with van der Waals surface area (Å²) in [4.78, 5) is 7.13. The number of hydrogen-bond acceptors (Lipinski definition) is 5. The van der Waals surface area contributed by atoms with E-state index in [0.717, 1.165) is 37.4 Å². The second-order valence-corrected chi connectivity index (χ2v) is 10.3. The van der Waals surface area contributed by atoms with Crippen molar-refractivity contribution in [3.05, 3.63) is 90.5 Å². The van der Waals surface area contributed by atoms with Gasteiger partial charge in [0.25, 0.3) is 0 Å². The molecule has 1 fully saturated rings. The van der Waals surface area contributed by atoms with E-state index in [1.807, 2.05) is 26.2 Å². The zero-order chi connectivity index (χ0) is 23.3. The summed E-state index contributed by atoms with van der Waals surface area (Å²) < 4.78 is 28.6. The van der Waals surface area contributed by atoms with Crippen LogP contribution in [0.4, 0.5) is 11.4 Å². The van der Waals surface area contributed by atoms with Crippen LogP contribution in [0.25, 0.3) is 0 Å². The number of hydrogen-bond donors (Lipinski definition) is 1. The fourth-order valence-electron chi connectivity index (χ4n) is 4.25. The molecule has 1 aliphatic rings. The number of nitrogens with zero attached hydrogens (tertiary/aromatic N) is 3. The van der Waals surface area contributed by atoms with Gasteiger partial charge in [-0.05, 0) is 42.0 Å². The van der Waals surface area contributed by atoms with E-state index in [-0.39, 0.29) is 6.04 Å². The van der Waals surface area contributed by atoms with E-state index in [4.69, 9.17) is 0 Å². The predicted octanol–water partition coefficient (Wildman–Crippen LogP) is 3.59. The molecule has 0 spiro atoms. The van der Waals surface area contributed by atoms with Crippen molar-refractivity contribution in [2.75, 3.05) is 56.6 Å². The Bertz CT molecular complexity index is 1110. The average Bonchev–Trinajstić information content (AvgIpc) is 2.86. The summed E-state index contributed by atoms with van der Waals surface area (Å²) in [5.74, 6) is 0. The highest BCUT2D eigenvalue weighted by Gasteiger charge is 2.27. The van der Waals surface area contributed by atoms with Gasteiger partial charge in [-0.15, -0.1) is 0 Å². The van der Waals surface area contributed by atoms with E-state index in [1.54, 1.807) is 24.3 Å². The number of nitrogens with one attached hydrogen (secondary N) is 1. The van der Waals surface area contributed by atoms with Gasteiger partial charge in [0.2, 0.25) is 10.0 Å². The second kappa shape index (κ2) is 10.4. The molecule has 1 atom stereocenters. The quantitative estimate of drug-likeness (QED) is 0.552. The van der Waals surface area contributed by atoms with Gasteiger partial charge in [-0.2, -0.15) is 0 Å². The van der Waals surface area contributed by atoms with E-state index in [0.29, 0.717) is 11.4 Å². The Kier molecular flexibility index (Phi) is 7.33. The number of sulfonamides is 1. The molecule has 33 heavy (non-hydrogen) atoms. The van der Waals surface area contributed by atoms with E-state index in [1.165, 1.54) is 5.69 Å². The lowest BCUT2D eigenvalue weighted by molar-refractivity contribution is 0.187. The molecule has 3 aromatic carbocycles. The molecule has 0 saturated carbocycles. The summed E-state index contributed by atoms with van der Waals surface area (Å²) in [5, 5.41) is 0. The minimum absolute atomic E-state index is 0.0439. The van der Waals surface area contributed by atoms with Crippen molar-refractivity contribution in [3.63, 3.8) is 0 Å². The van der Waals surface area contributed by atoms with Gasteiger partial charge in [0.15, 0.2) is 0 Å². The molecule has 174 valence electrons. The number of anilines is 2. The molecule has 7 heteroatoms. The lowest BCUT2D eigenvalue weighted by Gasteiger charge is -2.40. The van der Waals surface area contributed by atoms with Crippen molar-refractivity contribution in [1.29, 1.82) is 0 Å². The lowest BCUT2D eigenvalue weighted by Crippen LogP contribution is -2.49. The zero-order valence-corrected chi connectivity index (χ0v) is 20.1. The molecule has 3 aromatic rings. The van der Waals surface area contributed by atoms with E-state index < -0.39 is 10.0 Å². The standard InChI is InChI=1S/C26H32N4O2S/c1-28(2)23-15-13-22(14-16-23)26(21-27-33(31,32)25-11-7-4-8-12-25)30-19-17-29(18-20-30)24-9-5-3-6-10-24/h3-16,26-27H,17-21H2,1-2H3/t26-/m0/s1. The topological polar surface area (TPSA) is 55.9 Å². The Morgan fingerprint density at radius 1 is 0.818 bits per heavy atom. The molecule has 6 nitrogen and oxygen atoms in total. The van der Waals surface area contributed by atoms with Gasteiger partial charge in [0.1, 0.15) is 0 Å². The largest absolute Gasteiger partial charge is 0.378 e. The van der Waals surface area contributed by atoms with Crippen molar-refractivity contribution >= 4 is 21.4 Å². The van der Waals surface area contributed by atoms with Gasteiger partial charge < -0.3 is 9.80 Å². The van der Waals surface area contributed by atoms with Crippen LogP contribution in [0.3, 0.4) is 0 Å². The number of rotatable bonds is 8. The Morgan fingerprint density at radius 3 is 1.97 bits per heavy atom. The molecular formula is C26H32N4O2S. The summed E-state index contributed by atoms with van der Waals surface area (Å²) in [7, 11) is 0.462. The maximum Gasteiger partial charge on any atom is 0.240 e. The third kappa shape index (κ3) is 5.74. The highest BCUT2D eigenvalue weighted by molar-refractivity contribution is 7.89. The molecule has 4 rings (SSSR count). The van der Waals surface area contributed by atoms with Crippen LogP contribution in [0.15, 0.2) is 89.8 Å². The van der Waals surface area contributed by atoms with Crippen molar-refractivity contribution in [3.8, 4) is 0 Å². The first-order valence-electron chi connectivity index (χ1n) is 11.3. The van der Waals surface area contributed by atoms with Gasteiger partial charge in [-0.25, -0.2) is 13.1 Å². The molecule has 0 radical (unpaired) electrons. The van der Waals surface area contributed by atoms with Crippen LogP contribution < -0.4 is 14.5 Å². The molecule has 0 amide bonds. The third-order valence-corrected chi connectivity index (χ3v) is 7.63. The monoisotopic (exact) mass is 464 g/mol. The first kappa shape index (κ1) is 23.3. The second-order valence-electron chi connectivity index (χ2n) is 8.53. The van der Waals surface area contributed by atoms with Crippen LogP contribution in [0, 0.1) is 0 Å². The summed E-state index contributed by atoms with van der Waals surface area (Å²) in [6.07, 6.45) is 0. The number of para-hydroxylation sites is 1.